The van der Waals surface area contributed by atoms with Crippen LogP contribution in [0, 0.1) is 13.8 Å². The SMILES string of the molecule is Cc1nn(C)c(C)c1N(C1CCOCC1)S(=O)(=O)NC(=O)Nc1c2c(cc3c1CCC3)CCC2. The molecule has 2 heterocycles. The summed E-state index contributed by atoms with van der Waals surface area (Å²) < 4.78 is 38.2. The first-order chi connectivity index (χ1) is 16.3. The molecule has 1 fully saturated rings. The number of rotatable bonds is 5. The topological polar surface area (TPSA) is 106 Å². The molecule has 0 saturated carbocycles. The van der Waals surface area contributed by atoms with Crippen molar-refractivity contribution in [3.63, 3.8) is 0 Å². The highest BCUT2D eigenvalue weighted by atomic mass is 32.2. The molecule has 2 amide bonds. The number of ether oxygens (including phenoxy) is 1. The van der Waals surface area contributed by atoms with Gasteiger partial charge < -0.3 is 10.1 Å². The second kappa shape index (κ2) is 8.88. The van der Waals surface area contributed by atoms with Crippen LogP contribution in [0.1, 0.15) is 59.3 Å². The first-order valence-electron chi connectivity index (χ1n) is 12.1. The second-order valence-corrected chi connectivity index (χ2v) is 11.1. The Morgan fingerprint density at radius 1 is 1.09 bits per heavy atom. The third-order valence-corrected chi connectivity index (χ3v) is 8.85. The summed E-state index contributed by atoms with van der Waals surface area (Å²) >= 11 is 0. The molecule has 2 aromatic rings. The highest BCUT2D eigenvalue weighted by Crippen LogP contribution is 2.38. The molecule has 0 spiro atoms. The Kier molecular flexibility index (Phi) is 6.05. The van der Waals surface area contributed by atoms with E-state index in [1.165, 1.54) is 15.4 Å². The zero-order chi connectivity index (χ0) is 24.0. The normalized spacial score (nSPS) is 18.0. The lowest BCUT2D eigenvalue weighted by molar-refractivity contribution is 0.0875. The van der Waals surface area contributed by atoms with Crippen molar-refractivity contribution in [2.45, 2.75) is 71.3 Å². The summed E-state index contributed by atoms with van der Waals surface area (Å²) in [6, 6.07) is 1.25. The van der Waals surface area contributed by atoms with Gasteiger partial charge in [-0.3, -0.25) is 4.68 Å². The maximum atomic E-state index is 13.7. The maximum absolute atomic E-state index is 13.7. The Morgan fingerprint density at radius 3 is 2.26 bits per heavy atom. The summed E-state index contributed by atoms with van der Waals surface area (Å²) in [6.07, 6.45) is 7.06. The lowest BCUT2D eigenvalue weighted by Crippen LogP contribution is -2.51. The van der Waals surface area contributed by atoms with E-state index in [-0.39, 0.29) is 6.04 Å². The molecule has 1 aliphatic heterocycles. The van der Waals surface area contributed by atoms with Crippen molar-refractivity contribution in [1.82, 2.24) is 14.5 Å². The van der Waals surface area contributed by atoms with Gasteiger partial charge in [-0.2, -0.15) is 13.5 Å². The number of carbonyl (C=O) groups is 1. The average molecular weight is 488 g/mol. The van der Waals surface area contributed by atoms with Crippen LogP contribution < -0.4 is 14.3 Å². The predicted octanol–water partition coefficient (Wildman–Crippen LogP) is 3.07. The Bertz CT molecular complexity index is 1200. The van der Waals surface area contributed by atoms with Gasteiger partial charge in [-0.05, 0) is 87.5 Å². The number of aryl methyl sites for hydroxylation is 4. The number of nitrogens with one attached hydrogen (secondary N) is 2. The van der Waals surface area contributed by atoms with Crippen molar-refractivity contribution in [3.8, 4) is 0 Å². The minimum Gasteiger partial charge on any atom is -0.381 e. The molecule has 3 aliphatic rings. The largest absolute Gasteiger partial charge is 0.381 e. The Morgan fingerprint density at radius 2 is 1.71 bits per heavy atom. The lowest BCUT2D eigenvalue weighted by Gasteiger charge is -2.35. The lowest BCUT2D eigenvalue weighted by atomic mass is 9.99. The summed E-state index contributed by atoms with van der Waals surface area (Å²) in [5.41, 5.74) is 7.57. The van der Waals surface area contributed by atoms with Gasteiger partial charge in [0.15, 0.2) is 0 Å². The molecular weight excluding hydrogens is 454 g/mol. The molecule has 1 aromatic heterocycles. The standard InChI is InChI=1S/C24H33N5O4S/c1-15-23(16(2)28(3)26-15)29(19-10-12-33-13-11-19)34(31,32)27-24(30)25-22-20-8-4-6-17(20)14-18-7-5-9-21(18)22/h14,19H,4-13H2,1-3H3,(H2,25,27,30). The molecule has 2 N–H and O–H groups in total. The fraction of sp³-hybridized carbons (Fsp3) is 0.583. The molecule has 0 bridgehead atoms. The molecule has 1 aromatic carbocycles. The number of amides is 2. The van der Waals surface area contributed by atoms with Crippen LogP contribution in [0.3, 0.4) is 0 Å². The molecule has 0 radical (unpaired) electrons. The van der Waals surface area contributed by atoms with Crippen molar-refractivity contribution in [3.05, 3.63) is 39.7 Å². The zero-order valence-corrected chi connectivity index (χ0v) is 20.9. The van der Waals surface area contributed by atoms with E-state index in [4.69, 9.17) is 4.74 Å². The van der Waals surface area contributed by atoms with Crippen LogP contribution in [-0.2, 0) is 47.7 Å². The van der Waals surface area contributed by atoms with Gasteiger partial charge in [0.25, 0.3) is 0 Å². The number of anilines is 2. The van der Waals surface area contributed by atoms with Crippen molar-refractivity contribution in [1.29, 1.82) is 0 Å². The summed E-state index contributed by atoms with van der Waals surface area (Å²) in [4.78, 5) is 13.1. The summed E-state index contributed by atoms with van der Waals surface area (Å²) in [7, 11) is -2.40. The fourth-order valence-corrected chi connectivity index (χ4v) is 7.26. The van der Waals surface area contributed by atoms with Crippen LogP contribution in [0.4, 0.5) is 16.2 Å². The number of fused-ring (bicyclic) bond motifs is 2. The van der Waals surface area contributed by atoms with Gasteiger partial charge in [0.2, 0.25) is 0 Å². The molecule has 10 heteroatoms. The van der Waals surface area contributed by atoms with Crippen LogP contribution in [-0.4, -0.2) is 43.5 Å². The molecule has 1 saturated heterocycles. The molecule has 2 aliphatic carbocycles. The van der Waals surface area contributed by atoms with Crippen LogP contribution in [0.15, 0.2) is 6.07 Å². The van der Waals surface area contributed by atoms with Gasteiger partial charge in [0, 0.05) is 25.9 Å². The van der Waals surface area contributed by atoms with Crippen LogP contribution in [0.25, 0.3) is 0 Å². The van der Waals surface area contributed by atoms with E-state index in [1.807, 2.05) is 6.92 Å². The van der Waals surface area contributed by atoms with E-state index < -0.39 is 16.2 Å². The number of hydrogen-bond acceptors (Lipinski definition) is 5. The first-order valence-corrected chi connectivity index (χ1v) is 13.6. The fourth-order valence-electron chi connectivity index (χ4n) is 5.77. The number of aromatic nitrogens is 2. The molecule has 184 valence electrons. The first kappa shape index (κ1) is 23.2. The average Bonchev–Trinajstić information content (AvgIpc) is 3.50. The van der Waals surface area contributed by atoms with Gasteiger partial charge in [0.1, 0.15) is 0 Å². The van der Waals surface area contributed by atoms with E-state index in [0.717, 1.165) is 61.0 Å². The predicted molar refractivity (Wildman–Crippen MR) is 131 cm³/mol. The number of hydrogen-bond donors (Lipinski definition) is 2. The van der Waals surface area contributed by atoms with E-state index in [1.54, 1.807) is 18.7 Å². The molecule has 0 unspecified atom stereocenters. The van der Waals surface area contributed by atoms with E-state index >= 15 is 0 Å². The highest BCUT2D eigenvalue weighted by molar-refractivity contribution is 7.91. The third kappa shape index (κ3) is 4.07. The molecule has 0 atom stereocenters. The molecule has 34 heavy (non-hydrogen) atoms. The minimum absolute atomic E-state index is 0.314. The van der Waals surface area contributed by atoms with Crippen molar-refractivity contribution >= 4 is 27.6 Å². The monoisotopic (exact) mass is 487 g/mol. The smallest absolute Gasteiger partial charge is 0.334 e. The summed E-state index contributed by atoms with van der Waals surface area (Å²) in [5, 5.41) is 7.36. The maximum Gasteiger partial charge on any atom is 0.334 e. The number of benzene rings is 1. The molecule has 9 nitrogen and oxygen atoms in total. The highest BCUT2D eigenvalue weighted by Gasteiger charge is 2.36. The Labute approximate surface area is 201 Å². The second-order valence-electron chi connectivity index (χ2n) is 9.58. The van der Waals surface area contributed by atoms with Crippen LogP contribution in [0.5, 0.6) is 0 Å². The van der Waals surface area contributed by atoms with E-state index in [0.29, 0.717) is 37.4 Å². The number of carbonyl (C=O) groups excluding carboxylic acids is 1. The van der Waals surface area contributed by atoms with E-state index in [9.17, 15) is 13.2 Å². The van der Waals surface area contributed by atoms with Gasteiger partial charge in [-0.25, -0.2) is 13.8 Å². The Balaban J connectivity index is 1.45. The van der Waals surface area contributed by atoms with E-state index in [2.05, 4.69) is 21.2 Å². The quantitative estimate of drug-likeness (QED) is 0.674. The minimum atomic E-state index is -4.19. The molecular formula is C24H33N5O4S. The van der Waals surface area contributed by atoms with Crippen LogP contribution >= 0.6 is 0 Å². The number of urea groups is 1. The Hall–Kier alpha value is -2.59. The van der Waals surface area contributed by atoms with Crippen molar-refractivity contribution < 1.29 is 17.9 Å². The zero-order valence-electron chi connectivity index (χ0n) is 20.1. The number of nitrogens with zero attached hydrogens (tertiary/aromatic N) is 3. The summed E-state index contributed by atoms with van der Waals surface area (Å²) in [5.74, 6) is 0. The van der Waals surface area contributed by atoms with Gasteiger partial charge in [-0.1, -0.05) is 6.07 Å². The molecule has 5 rings (SSSR count). The van der Waals surface area contributed by atoms with Gasteiger partial charge in [0.05, 0.1) is 23.1 Å². The van der Waals surface area contributed by atoms with Gasteiger partial charge in [-0.15, -0.1) is 0 Å². The van der Waals surface area contributed by atoms with Crippen LogP contribution in [0.2, 0.25) is 0 Å². The van der Waals surface area contributed by atoms with Crippen molar-refractivity contribution in [2.24, 2.45) is 7.05 Å². The summed E-state index contributed by atoms with van der Waals surface area (Å²) in [6.45, 7) is 4.59. The van der Waals surface area contributed by atoms with Crippen molar-refractivity contribution in [2.75, 3.05) is 22.8 Å². The van der Waals surface area contributed by atoms with Gasteiger partial charge >= 0.3 is 16.2 Å². The third-order valence-electron chi connectivity index (χ3n) is 7.41.